The lowest BCUT2D eigenvalue weighted by Crippen LogP contribution is -2.39. The van der Waals surface area contributed by atoms with Crippen LogP contribution in [0.1, 0.15) is 10.4 Å². The number of carbonyl (C=O) groups excluding carboxylic acids is 1. The van der Waals surface area contributed by atoms with Crippen molar-refractivity contribution in [2.24, 2.45) is 0 Å². The number of esters is 1. The second-order valence-electron chi connectivity index (χ2n) is 5.45. The topological polar surface area (TPSA) is 132 Å². The highest BCUT2D eigenvalue weighted by Crippen LogP contribution is 2.20. The number of hydrogen-bond acceptors (Lipinski definition) is 6. The third-order valence-corrected chi connectivity index (χ3v) is 3.97. The lowest BCUT2D eigenvalue weighted by Gasteiger charge is -2.13. The molecule has 0 atom stereocenters. The fourth-order valence-corrected chi connectivity index (χ4v) is 2.76. The minimum absolute atomic E-state index is 0.0346. The van der Waals surface area contributed by atoms with Gasteiger partial charge in [0.2, 0.25) is 0 Å². The predicted octanol–water partition coefficient (Wildman–Crippen LogP) is -0.223. The highest BCUT2D eigenvalue weighted by Gasteiger charge is 2.23. The number of carbonyl (C=O) groups is 1. The molecule has 0 amide bonds. The molecule has 1 aromatic carbocycles. The molecule has 2 aliphatic rings. The van der Waals surface area contributed by atoms with Crippen LogP contribution in [0.2, 0.25) is 0 Å². The van der Waals surface area contributed by atoms with E-state index in [4.69, 9.17) is 4.74 Å². The molecule has 26 heavy (non-hydrogen) atoms. The van der Waals surface area contributed by atoms with Gasteiger partial charge in [0, 0.05) is 12.4 Å². The first kappa shape index (κ1) is 15.6. The molecule has 0 unspecified atom stereocenters. The molecule has 0 saturated heterocycles. The maximum Gasteiger partial charge on any atom is 0.348 e. The van der Waals surface area contributed by atoms with Gasteiger partial charge in [0.1, 0.15) is 11.3 Å². The van der Waals surface area contributed by atoms with E-state index in [0.717, 1.165) is 9.35 Å². The van der Waals surface area contributed by atoms with E-state index in [0.29, 0.717) is 5.52 Å². The van der Waals surface area contributed by atoms with Crippen molar-refractivity contribution < 1.29 is 9.53 Å². The number of benzene rings is 1. The summed E-state index contributed by atoms with van der Waals surface area (Å²) < 4.78 is 6.54. The minimum Gasteiger partial charge on any atom is -0.465 e. The zero-order valence-electron chi connectivity index (χ0n) is 13.3. The molecule has 2 aromatic rings. The summed E-state index contributed by atoms with van der Waals surface area (Å²) in [6.07, 6.45) is 2.46. The average molecular weight is 353 g/mol. The van der Waals surface area contributed by atoms with E-state index < -0.39 is 22.8 Å². The highest BCUT2D eigenvalue weighted by molar-refractivity contribution is 5.95. The summed E-state index contributed by atoms with van der Waals surface area (Å²) in [5.74, 6) is -0.763. The molecule has 3 heterocycles. The van der Waals surface area contributed by atoms with Gasteiger partial charge >= 0.3 is 11.7 Å². The van der Waals surface area contributed by atoms with Gasteiger partial charge < -0.3 is 9.72 Å². The van der Waals surface area contributed by atoms with E-state index in [9.17, 15) is 19.2 Å². The zero-order valence-corrected chi connectivity index (χ0v) is 13.3. The van der Waals surface area contributed by atoms with Gasteiger partial charge in [-0.3, -0.25) is 14.3 Å². The largest absolute Gasteiger partial charge is 0.465 e. The van der Waals surface area contributed by atoms with Crippen LogP contribution in [0.25, 0.3) is 22.2 Å². The van der Waals surface area contributed by atoms with Gasteiger partial charge in [-0.15, -0.1) is 0 Å². The first-order valence-corrected chi connectivity index (χ1v) is 7.44. The number of rotatable bonds is 2. The monoisotopic (exact) mass is 353 g/mol. The van der Waals surface area contributed by atoms with Gasteiger partial charge in [0.25, 0.3) is 11.1 Å². The number of H-pyrrole nitrogens is 2. The SMILES string of the molecule is COC(=O)c1cn(-n2c(=O)[nH]c3ccccc3c2=O)cc2c(=O)[nH]nc1-2. The third-order valence-electron chi connectivity index (χ3n) is 3.97. The van der Waals surface area contributed by atoms with Crippen LogP contribution in [0.15, 0.2) is 51.0 Å². The van der Waals surface area contributed by atoms with Crippen molar-refractivity contribution in [3.05, 3.63) is 73.4 Å². The maximum atomic E-state index is 12.8. The number of aromatic amines is 2. The van der Waals surface area contributed by atoms with Gasteiger partial charge in [-0.25, -0.2) is 14.7 Å². The first-order valence-electron chi connectivity index (χ1n) is 7.44. The molecule has 0 bridgehead atoms. The second kappa shape index (κ2) is 5.55. The number of pyridine rings is 1. The van der Waals surface area contributed by atoms with E-state index in [1.807, 2.05) is 0 Å². The summed E-state index contributed by atoms with van der Waals surface area (Å²) in [4.78, 5) is 51.8. The molecule has 0 fully saturated rings. The van der Waals surface area contributed by atoms with Crippen LogP contribution < -0.4 is 16.8 Å². The van der Waals surface area contributed by atoms with E-state index in [2.05, 4.69) is 15.2 Å². The zero-order chi connectivity index (χ0) is 18.4. The molecule has 10 nitrogen and oxygen atoms in total. The van der Waals surface area contributed by atoms with E-state index in [-0.39, 0.29) is 22.2 Å². The second-order valence-corrected chi connectivity index (χ2v) is 5.45. The van der Waals surface area contributed by atoms with Gasteiger partial charge in [0.15, 0.2) is 0 Å². The summed E-state index contributed by atoms with van der Waals surface area (Å²) in [7, 11) is 1.17. The number of ether oxygens (including phenoxy) is 1. The number of nitrogens with one attached hydrogen (secondary N) is 2. The van der Waals surface area contributed by atoms with Crippen molar-refractivity contribution >= 4 is 16.9 Å². The van der Waals surface area contributed by atoms with Crippen molar-refractivity contribution in [2.45, 2.75) is 0 Å². The van der Waals surface area contributed by atoms with Crippen molar-refractivity contribution in [3.8, 4) is 11.3 Å². The molecule has 0 aliphatic carbocycles. The number of nitrogens with zero attached hydrogens (tertiary/aromatic N) is 3. The Morgan fingerprint density at radius 1 is 1.15 bits per heavy atom. The van der Waals surface area contributed by atoms with Crippen molar-refractivity contribution in [3.63, 3.8) is 0 Å². The average Bonchev–Trinajstić information content (AvgIpc) is 3.01. The molecule has 2 N–H and O–H groups in total. The number of fused-ring (bicyclic) bond motifs is 2. The van der Waals surface area contributed by atoms with Gasteiger partial charge in [-0.1, -0.05) is 12.1 Å². The van der Waals surface area contributed by atoms with Crippen LogP contribution in [-0.4, -0.2) is 37.6 Å². The number of aromatic nitrogens is 5. The molecule has 1 aromatic heterocycles. The van der Waals surface area contributed by atoms with Gasteiger partial charge in [0.05, 0.1) is 23.6 Å². The Kier molecular flexibility index (Phi) is 3.32. The Bertz CT molecular complexity index is 1310. The van der Waals surface area contributed by atoms with E-state index in [1.54, 1.807) is 24.3 Å². The van der Waals surface area contributed by atoms with Crippen LogP contribution in [-0.2, 0) is 4.74 Å². The van der Waals surface area contributed by atoms with E-state index >= 15 is 0 Å². The standard InChI is InChI=1S/C16H11N5O5/c1-26-15(24)10-7-20(6-9-12(10)18-19-13(9)22)21-14(23)8-4-2-3-5-11(8)17-16(21)25/h2-7H,1H3,(H,17,25)(H,19,22). The molecule has 0 radical (unpaired) electrons. The Morgan fingerprint density at radius 3 is 2.69 bits per heavy atom. The number of hydrogen-bond donors (Lipinski definition) is 2. The fraction of sp³-hybridized carbons (Fsp3) is 0.0625. The van der Waals surface area contributed by atoms with Crippen LogP contribution >= 0.6 is 0 Å². The summed E-state index contributed by atoms with van der Waals surface area (Å²) in [6, 6.07) is 6.50. The molecule has 10 heteroatoms. The summed E-state index contributed by atoms with van der Waals surface area (Å²) in [5.41, 5.74) is -1.48. The minimum atomic E-state index is -0.763. The highest BCUT2D eigenvalue weighted by atomic mass is 16.5. The third kappa shape index (κ3) is 2.16. The number of methoxy groups -OCH3 is 1. The molecule has 4 rings (SSSR count). The smallest absolute Gasteiger partial charge is 0.348 e. The van der Waals surface area contributed by atoms with Gasteiger partial charge in [-0.2, -0.15) is 9.77 Å². The Morgan fingerprint density at radius 2 is 1.92 bits per heavy atom. The van der Waals surface area contributed by atoms with Crippen LogP contribution in [0.4, 0.5) is 0 Å². The Hall–Kier alpha value is -3.95. The Labute approximate surface area is 143 Å². The normalized spacial score (nSPS) is 11.1. The quantitative estimate of drug-likeness (QED) is 0.479. The lowest BCUT2D eigenvalue weighted by molar-refractivity contribution is 0.0600. The first-order chi connectivity index (χ1) is 12.5. The van der Waals surface area contributed by atoms with Gasteiger partial charge in [-0.05, 0) is 12.1 Å². The van der Waals surface area contributed by atoms with E-state index in [1.165, 1.54) is 19.5 Å². The summed E-state index contributed by atoms with van der Waals surface area (Å²) >= 11 is 0. The lowest BCUT2D eigenvalue weighted by atomic mass is 10.1. The van der Waals surface area contributed by atoms with Crippen molar-refractivity contribution in [1.82, 2.24) is 24.5 Å². The molecule has 0 saturated carbocycles. The molecule has 2 aliphatic heterocycles. The predicted molar refractivity (Wildman–Crippen MR) is 90.4 cm³/mol. The number of para-hydroxylation sites is 1. The van der Waals surface area contributed by atoms with Crippen LogP contribution in [0, 0.1) is 0 Å². The van der Waals surface area contributed by atoms with Crippen LogP contribution in [0.5, 0.6) is 0 Å². The van der Waals surface area contributed by atoms with Crippen molar-refractivity contribution in [1.29, 1.82) is 0 Å². The molecule has 130 valence electrons. The summed E-state index contributed by atoms with van der Waals surface area (Å²) in [6.45, 7) is 0. The van der Waals surface area contributed by atoms with Crippen LogP contribution in [0.3, 0.4) is 0 Å². The fourth-order valence-electron chi connectivity index (χ4n) is 2.76. The summed E-state index contributed by atoms with van der Waals surface area (Å²) in [5, 5.41) is 6.30. The molecule has 0 spiro atoms. The Balaban J connectivity index is 2.12. The maximum absolute atomic E-state index is 12.8. The molecular weight excluding hydrogens is 342 g/mol. The molecular formula is C16H11N5O5. The van der Waals surface area contributed by atoms with Crippen molar-refractivity contribution in [2.75, 3.05) is 7.11 Å².